The molecule has 0 aliphatic rings. The van der Waals surface area contributed by atoms with Gasteiger partial charge in [-0.1, -0.05) is 0 Å². The lowest BCUT2D eigenvalue weighted by atomic mass is 10.2. The Labute approximate surface area is 110 Å². The highest BCUT2D eigenvalue weighted by molar-refractivity contribution is 9.10. The zero-order valence-corrected chi connectivity index (χ0v) is 11.0. The van der Waals surface area contributed by atoms with Crippen molar-refractivity contribution >= 4 is 27.6 Å². The molecule has 1 N–H and O–H groups in total. The average Bonchev–Trinajstić information content (AvgIpc) is 2.24. The zero-order valence-electron chi connectivity index (χ0n) is 9.46. The van der Waals surface area contributed by atoms with Crippen LogP contribution in [-0.2, 0) is 0 Å². The Morgan fingerprint density at radius 1 is 1.44 bits per heavy atom. The molecule has 0 saturated carbocycles. The van der Waals surface area contributed by atoms with Crippen LogP contribution in [-0.4, -0.2) is 30.8 Å². The SMILES string of the molecule is CN(CCC(F)(F)F)c1ccc(C(=O)O)c(Br)c1. The van der Waals surface area contributed by atoms with Crippen molar-refractivity contribution in [3.8, 4) is 0 Å². The van der Waals surface area contributed by atoms with Crippen molar-refractivity contribution in [2.45, 2.75) is 12.6 Å². The van der Waals surface area contributed by atoms with Gasteiger partial charge in [-0.15, -0.1) is 0 Å². The minimum atomic E-state index is -4.20. The lowest BCUT2D eigenvalue weighted by Gasteiger charge is -2.20. The summed E-state index contributed by atoms with van der Waals surface area (Å²) in [6, 6.07) is 4.32. The van der Waals surface area contributed by atoms with E-state index in [1.807, 2.05) is 0 Å². The topological polar surface area (TPSA) is 40.5 Å². The van der Waals surface area contributed by atoms with Gasteiger partial charge >= 0.3 is 12.1 Å². The van der Waals surface area contributed by atoms with Gasteiger partial charge in [-0.3, -0.25) is 0 Å². The van der Waals surface area contributed by atoms with Crippen LogP contribution in [0.15, 0.2) is 22.7 Å². The Bertz CT molecular complexity index is 448. The monoisotopic (exact) mass is 325 g/mol. The van der Waals surface area contributed by atoms with Gasteiger partial charge in [-0.2, -0.15) is 13.2 Å². The van der Waals surface area contributed by atoms with E-state index in [0.29, 0.717) is 10.2 Å². The summed E-state index contributed by atoms with van der Waals surface area (Å²) in [5, 5.41) is 8.81. The van der Waals surface area contributed by atoms with Gasteiger partial charge in [-0.25, -0.2) is 4.79 Å². The van der Waals surface area contributed by atoms with Crippen molar-refractivity contribution in [3.05, 3.63) is 28.2 Å². The average molecular weight is 326 g/mol. The van der Waals surface area contributed by atoms with Gasteiger partial charge in [0.1, 0.15) is 0 Å². The number of alkyl halides is 3. The molecule has 1 aromatic carbocycles. The van der Waals surface area contributed by atoms with Gasteiger partial charge in [0.15, 0.2) is 0 Å². The smallest absolute Gasteiger partial charge is 0.390 e. The molecule has 0 aromatic heterocycles. The molecule has 0 saturated heterocycles. The third-order valence-electron chi connectivity index (χ3n) is 2.35. The van der Waals surface area contributed by atoms with Crippen LogP contribution >= 0.6 is 15.9 Å². The quantitative estimate of drug-likeness (QED) is 0.920. The molecule has 0 unspecified atom stereocenters. The number of carboxylic acid groups (broad SMARTS) is 1. The molecule has 7 heteroatoms. The summed E-state index contributed by atoms with van der Waals surface area (Å²) in [5.41, 5.74) is 0.596. The van der Waals surface area contributed by atoms with E-state index in [0.717, 1.165) is 0 Å². The van der Waals surface area contributed by atoms with Gasteiger partial charge in [0.2, 0.25) is 0 Å². The lowest BCUT2D eigenvalue weighted by Crippen LogP contribution is -2.24. The van der Waals surface area contributed by atoms with Crippen LogP contribution in [0.3, 0.4) is 0 Å². The highest BCUT2D eigenvalue weighted by atomic mass is 79.9. The molecule has 0 spiro atoms. The Hall–Kier alpha value is -1.24. The fourth-order valence-corrected chi connectivity index (χ4v) is 1.87. The third-order valence-corrected chi connectivity index (χ3v) is 3.01. The fraction of sp³-hybridized carbons (Fsp3) is 0.364. The largest absolute Gasteiger partial charge is 0.478 e. The number of aromatic carboxylic acids is 1. The first kappa shape index (κ1) is 14.8. The molecule has 0 fully saturated rings. The maximum atomic E-state index is 12.1. The first-order chi connectivity index (χ1) is 8.20. The molecule has 1 aromatic rings. The number of carboxylic acids is 1. The molecule has 1 rings (SSSR count). The van der Waals surface area contributed by atoms with Crippen LogP contribution in [0.1, 0.15) is 16.8 Å². The fourth-order valence-electron chi connectivity index (χ4n) is 1.34. The molecular formula is C11H11BrF3NO2. The van der Waals surface area contributed by atoms with Crippen LogP contribution in [0, 0.1) is 0 Å². The van der Waals surface area contributed by atoms with E-state index in [1.165, 1.54) is 30.1 Å². The van der Waals surface area contributed by atoms with Crippen molar-refractivity contribution in [3.63, 3.8) is 0 Å². The highest BCUT2D eigenvalue weighted by Gasteiger charge is 2.27. The van der Waals surface area contributed by atoms with Gasteiger partial charge in [0.05, 0.1) is 12.0 Å². The predicted octanol–water partition coefficient (Wildman–Crippen LogP) is 3.54. The van der Waals surface area contributed by atoms with Crippen molar-refractivity contribution in [2.75, 3.05) is 18.5 Å². The van der Waals surface area contributed by atoms with Crippen molar-refractivity contribution in [1.82, 2.24) is 0 Å². The molecule has 0 heterocycles. The molecule has 3 nitrogen and oxygen atoms in total. The number of benzene rings is 1. The van der Waals surface area contributed by atoms with E-state index >= 15 is 0 Å². The van der Waals surface area contributed by atoms with E-state index in [1.54, 1.807) is 0 Å². The predicted molar refractivity (Wildman–Crippen MR) is 65.0 cm³/mol. The second-order valence-electron chi connectivity index (χ2n) is 3.76. The normalized spacial score (nSPS) is 11.4. The van der Waals surface area contributed by atoms with Crippen molar-refractivity contribution in [1.29, 1.82) is 0 Å². The molecular weight excluding hydrogens is 315 g/mol. The molecule has 0 aliphatic heterocycles. The maximum Gasteiger partial charge on any atom is 0.390 e. The Balaban J connectivity index is 2.78. The summed E-state index contributed by atoms with van der Waals surface area (Å²) in [4.78, 5) is 12.2. The standard InChI is InChI=1S/C11H11BrF3NO2/c1-16(5-4-11(13,14)15)7-2-3-8(10(17)18)9(12)6-7/h2-3,6H,4-5H2,1H3,(H,17,18). The van der Waals surface area contributed by atoms with E-state index in [2.05, 4.69) is 15.9 Å². The highest BCUT2D eigenvalue weighted by Crippen LogP contribution is 2.25. The second-order valence-corrected chi connectivity index (χ2v) is 4.61. The molecule has 18 heavy (non-hydrogen) atoms. The van der Waals surface area contributed by atoms with Crippen LogP contribution in [0.2, 0.25) is 0 Å². The number of halogens is 4. The summed E-state index contributed by atoms with van der Waals surface area (Å²) < 4.78 is 36.5. The summed E-state index contributed by atoms with van der Waals surface area (Å²) in [6.45, 7) is -0.178. The van der Waals surface area contributed by atoms with Gasteiger partial charge in [0, 0.05) is 23.8 Å². The minimum absolute atomic E-state index is 0.0722. The van der Waals surface area contributed by atoms with Crippen molar-refractivity contribution in [2.24, 2.45) is 0 Å². The van der Waals surface area contributed by atoms with E-state index < -0.39 is 18.6 Å². The Kier molecular flexibility index (Phi) is 4.61. The van der Waals surface area contributed by atoms with E-state index in [4.69, 9.17) is 5.11 Å². The van der Waals surface area contributed by atoms with Crippen LogP contribution in [0.25, 0.3) is 0 Å². The molecule has 0 amide bonds. The van der Waals surface area contributed by atoms with Crippen LogP contribution in [0.5, 0.6) is 0 Å². The van der Waals surface area contributed by atoms with Gasteiger partial charge in [0.25, 0.3) is 0 Å². The van der Waals surface area contributed by atoms with Gasteiger partial charge < -0.3 is 10.0 Å². The maximum absolute atomic E-state index is 12.1. The first-order valence-electron chi connectivity index (χ1n) is 5.01. The van der Waals surface area contributed by atoms with Crippen LogP contribution < -0.4 is 4.90 Å². The third kappa shape index (κ3) is 4.21. The van der Waals surface area contributed by atoms with Gasteiger partial charge in [-0.05, 0) is 34.1 Å². The summed E-state index contributed by atoms with van der Waals surface area (Å²) in [5.74, 6) is -1.09. The zero-order chi connectivity index (χ0) is 13.9. The molecule has 0 atom stereocenters. The van der Waals surface area contributed by atoms with E-state index in [9.17, 15) is 18.0 Å². The van der Waals surface area contributed by atoms with E-state index in [-0.39, 0.29) is 12.1 Å². The second kappa shape index (κ2) is 5.60. The number of anilines is 1. The number of carbonyl (C=O) groups is 1. The number of hydrogen-bond donors (Lipinski definition) is 1. The summed E-state index contributed by atoms with van der Waals surface area (Å²) >= 11 is 3.08. The Morgan fingerprint density at radius 2 is 2.06 bits per heavy atom. The summed E-state index contributed by atoms with van der Waals surface area (Å²) in [7, 11) is 1.52. The molecule has 100 valence electrons. The Morgan fingerprint density at radius 3 is 2.50 bits per heavy atom. The molecule has 0 radical (unpaired) electrons. The lowest BCUT2D eigenvalue weighted by molar-refractivity contribution is -0.132. The number of nitrogens with zero attached hydrogens (tertiary/aromatic N) is 1. The summed E-state index contributed by atoms with van der Waals surface area (Å²) in [6.07, 6.45) is -5.12. The van der Waals surface area contributed by atoms with Crippen molar-refractivity contribution < 1.29 is 23.1 Å². The van der Waals surface area contributed by atoms with Crippen LogP contribution in [0.4, 0.5) is 18.9 Å². The number of hydrogen-bond acceptors (Lipinski definition) is 2. The molecule has 0 bridgehead atoms. The molecule has 0 aliphatic carbocycles. The first-order valence-corrected chi connectivity index (χ1v) is 5.81. The number of rotatable bonds is 4. The minimum Gasteiger partial charge on any atom is -0.478 e.